The smallest absolute Gasteiger partial charge is 0.374 e. The fraction of sp³-hybridized carbons (Fsp3) is 0.562. The number of ether oxygens (including phenoxy) is 1. The number of amides is 1. The number of alkyl halides is 3. The molecule has 0 aromatic heterocycles. The lowest BCUT2D eigenvalue weighted by atomic mass is 10.0. The SMILES string of the molecule is CSCCC(=O)N1CCOC(Cc2cccc(C(F)(F)F)c2)C1. The normalized spacial score (nSPS) is 19.0. The van der Waals surface area contributed by atoms with Gasteiger partial charge in [-0.15, -0.1) is 0 Å². The zero-order chi connectivity index (χ0) is 16.9. The Morgan fingerprint density at radius 1 is 1.43 bits per heavy atom. The van der Waals surface area contributed by atoms with Crippen LogP contribution in [0.15, 0.2) is 24.3 Å². The molecule has 0 bridgehead atoms. The Morgan fingerprint density at radius 3 is 2.91 bits per heavy atom. The minimum Gasteiger partial charge on any atom is -0.374 e. The van der Waals surface area contributed by atoms with E-state index in [1.807, 2.05) is 6.26 Å². The largest absolute Gasteiger partial charge is 0.416 e. The highest BCUT2D eigenvalue weighted by atomic mass is 32.2. The number of hydrogen-bond acceptors (Lipinski definition) is 3. The van der Waals surface area contributed by atoms with Crippen LogP contribution >= 0.6 is 11.8 Å². The zero-order valence-electron chi connectivity index (χ0n) is 12.9. The van der Waals surface area contributed by atoms with Gasteiger partial charge in [-0.3, -0.25) is 4.79 Å². The van der Waals surface area contributed by atoms with Crippen molar-refractivity contribution < 1.29 is 22.7 Å². The number of nitrogens with zero attached hydrogens (tertiary/aromatic N) is 1. The van der Waals surface area contributed by atoms with Gasteiger partial charge in [0, 0.05) is 31.7 Å². The molecule has 1 amide bonds. The summed E-state index contributed by atoms with van der Waals surface area (Å²) in [5.74, 6) is 0.853. The number of carbonyl (C=O) groups excluding carboxylic acids is 1. The maximum Gasteiger partial charge on any atom is 0.416 e. The highest BCUT2D eigenvalue weighted by molar-refractivity contribution is 7.98. The molecule has 1 aliphatic rings. The van der Waals surface area contributed by atoms with Gasteiger partial charge >= 0.3 is 6.18 Å². The van der Waals surface area contributed by atoms with E-state index >= 15 is 0 Å². The van der Waals surface area contributed by atoms with Crippen LogP contribution in [0.25, 0.3) is 0 Å². The molecule has 23 heavy (non-hydrogen) atoms. The number of rotatable bonds is 5. The molecule has 0 aliphatic carbocycles. The molecule has 3 nitrogen and oxygen atoms in total. The summed E-state index contributed by atoms with van der Waals surface area (Å²) in [5, 5.41) is 0. The lowest BCUT2D eigenvalue weighted by molar-refractivity contribution is -0.138. The average Bonchev–Trinajstić information content (AvgIpc) is 2.52. The maximum atomic E-state index is 12.7. The monoisotopic (exact) mass is 347 g/mol. The summed E-state index contributed by atoms with van der Waals surface area (Å²) in [6, 6.07) is 5.27. The molecule has 1 aliphatic heterocycles. The second kappa shape index (κ2) is 8.06. The van der Waals surface area contributed by atoms with Crippen LogP contribution in [0.1, 0.15) is 17.5 Å². The van der Waals surface area contributed by atoms with Gasteiger partial charge in [-0.1, -0.05) is 18.2 Å². The summed E-state index contributed by atoms with van der Waals surface area (Å²) >= 11 is 1.62. The van der Waals surface area contributed by atoms with Crippen molar-refractivity contribution in [3.63, 3.8) is 0 Å². The van der Waals surface area contributed by atoms with Gasteiger partial charge in [-0.2, -0.15) is 24.9 Å². The van der Waals surface area contributed by atoms with Gasteiger partial charge in [0.05, 0.1) is 18.3 Å². The van der Waals surface area contributed by atoms with Crippen molar-refractivity contribution in [1.82, 2.24) is 4.90 Å². The van der Waals surface area contributed by atoms with E-state index in [4.69, 9.17) is 4.74 Å². The molecule has 0 N–H and O–H groups in total. The van der Waals surface area contributed by atoms with E-state index in [2.05, 4.69) is 0 Å². The molecule has 1 saturated heterocycles. The van der Waals surface area contributed by atoms with E-state index in [1.54, 1.807) is 22.7 Å². The van der Waals surface area contributed by atoms with Crippen molar-refractivity contribution in [2.45, 2.75) is 25.1 Å². The second-order valence-electron chi connectivity index (χ2n) is 5.48. The molecule has 1 aromatic carbocycles. The average molecular weight is 347 g/mol. The van der Waals surface area contributed by atoms with Crippen LogP contribution in [0.5, 0.6) is 0 Å². The van der Waals surface area contributed by atoms with Crippen molar-refractivity contribution in [2.75, 3.05) is 31.7 Å². The van der Waals surface area contributed by atoms with E-state index in [0.717, 1.165) is 17.9 Å². The minimum atomic E-state index is -4.34. The van der Waals surface area contributed by atoms with E-state index < -0.39 is 11.7 Å². The molecule has 0 spiro atoms. The van der Waals surface area contributed by atoms with E-state index in [-0.39, 0.29) is 12.0 Å². The fourth-order valence-corrected chi connectivity index (χ4v) is 2.93. The van der Waals surface area contributed by atoms with E-state index in [1.165, 1.54) is 6.07 Å². The number of halogens is 3. The Bertz CT molecular complexity index is 536. The summed E-state index contributed by atoms with van der Waals surface area (Å²) in [6.45, 7) is 1.41. The molecule has 128 valence electrons. The van der Waals surface area contributed by atoms with Crippen molar-refractivity contribution >= 4 is 17.7 Å². The van der Waals surface area contributed by atoms with Gasteiger partial charge in [-0.05, 0) is 17.9 Å². The predicted octanol–water partition coefficient (Wildman–Crippen LogP) is 3.23. The lowest BCUT2D eigenvalue weighted by Crippen LogP contribution is -2.46. The molecule has 2 rings (SSSR count). The molecule has 0 radical (unpaired) electrons. The Balaban J connectivity index is 1.96. The van der Waals surface area contributed by atoms with Crippen LogP contribution < -0.4 is 0 Å². The molecule has 1 aromatic rings. The minimum absolute atomic E-state index is 0.0803. The topological polar surface area (TPSA) is 29.5 Å². The first-order valence-electron chi connectivity index (χ1n) is 7.44. The highest BCUT2D eigenvalue weighted by Crippen LogP contribution is 2.30. The number of morpholine rings is 1. The van der Waals surface area contributed by atoms with Crippen LogP contribution in [-0.4, -0.2) is 48.6 Å². The first kappa shape index (κ1) is 18.1. The third kappa shape index (κ3) is 5.42. The Labute approximate surface area is 138 Å². The van der Waals surface area contributed by atoms with E-state index in [0.29, 0.717) is 38.1 Å². The van der Waals surface area contributed by atoms with Crippen molar-refractivity contribution in [1.29, 1.82) is 0 Å². The molecular formula is C16H20F3NO2S. The lowest BCUT2D eigenvalue weighted by Gasteiger charge is -2.33. The third-order valence-corrected chi connectivity index (χ3v) is 4.34. The van der Waals surface area contributed by atoms with Crippen LogP contribution in [0.2, 0.25) is 0 Å². The van der Waals surface area contributed by atoms with Crippen molar-refractivity contribution in [3.05, 3.63) is 35.4 Å². The van der Waals surface area contributed by atoms with Crippen LogP contribution in [0.3, 0.4) is 0 Å². The number of hydrogen-bond donors (Lipinski definition) is 0. The first-order chi connectivity index (χ1) is 10.9. The van der Waals surface area contributed by atoms with Gasteiger partial charge in [0.25, 0.3) is 0 Å². The van der Waals surface area contributed by atoms with Gasteiger partial charge in [0.15, 0.2) is 0 Å². The number of benzene rings is 1. The summed E-state index contributed by atoms with van der Waals surface area (Å²) < 4.78 is 43.9. The standard InChI is InChI=1S/C16H20F3NO2S/c1-23-8-5-15(21)20-6-7-22-14(11-20)10-12-3-2-4-13(9-12)16(17,18)19/h2-4,9,14H,5-8,10-11H2,1H3. The maximum absolute atomic E-state index is 12.7. The molecule has 1 fully saturated rings. The molecule has 7 heteroatoms. The van der Waals surface area contributed by atoms with Gasteiger partial charge in [0.2, 0.25) is 5.91 Å². The zero-order valence-corrected chi connectivity index (χ0v) is 13.8. The molecule has 1 heterocycles. The quantitative estimate of drug-likeness (QED) is 0.819. The van der Waals surface area contributed by atoms with E-state index in [9.17, 15) is 18.0 Å². The predicted molar refractivity (Wildman–Crippen MR) is 84.5 cm³/mol. The molecule has 1 atom stereocenters. The molecular weight excluding hydrogens is 327 g/mol. The second-order valence-corrected chi connectivity index (χ2v) is 6.46. The number of carbonyl (C=O) groups is 1. The summed E-state index contributed by atoms with van der Waals surface area (Å²) in [6.07, 6.45) is -1.80. The fourth-order valence-electron chi connectivity index (χ4n) is 2.55. The van der Waals surface area contributed by atoms with Gasteiger partial charge < -0.3 is 9.64 Å². The number of thioether (sulfide) groups is 1. The van der Waals surface area contributed by atoms with Gasteiger partial charge in [0.1, 0.15) is 0 Å². The highest BCUT2D eigenvalue weighted by Gasteiger charge is 2.31. The summed E-state index contributed by atoms with van der Waals surface area (Å²) in [5.41, 5.74) is -0.0815. The van der Waals surface area contributed by atoms with Crippen molar-refractivity contribution in [3.8, 4) is 0 Å². The first-order valence-corrected chi connectivity index (χ1v) is 8.84. The third-order valence-electron chi connectivity index (χ3n) is 3.73. The summed E-state index contributed by atoms with van der Waals surface area (Å²) in [7, 11) is 0. The Hall–Kier alpha value is -1.21. The molecule has 1 unspecified atom stereocenters. The van der Waals surface area contributed by atoms with Gasteiger partial charge in [-0.25, -0.2) is 0 Å². The van der Waals surface area contributed by atoms with Crippen LogP contribution in [0, 0.1) is 0 Å². The Kier molecular flexibility index (Phi) is 6.35. The van der Waals surface area contributed by atoms with Crippen LogP contribution in [-0.2, 0) is 22.1 Å². The summed E-state index contributed by atoms with van der Waals surface area (Å²) in [4.78, 5) is 13.8. The van der Waals surface area contributed by atoms with Crippen LogP contribution in [0.4, 0.5) is 13.2 Å². The van der Waals surface area contributed by atoms with Crippen molar-refractivity contribution in [2.24, 2.45) is 0 Å². The Morgan fingerprint density at radius 2 is 2.22 bits per heavy atom. The molecule has 0 saturated carbocycles.